The van der Waals surface area contributed by atoms with Gasteiger partial charge in [0.05, 0.1) is 4.90 Å². The molecule has 2 atom stereocenters. The van der Waals surface area contributed by atoms with Gasteiger partial charge in [-0.3, -0.25) is 0 Å². The first-order chi connectivity index (χ1) is 7.51. The molecule has 3 N–H and O–H groups in total. The molecule has 1 rings (SSSR count). The SMILES string of the molecule is CCC(C)NS(=O)(=NC)c1cccc(N)c1. The van der Waals surface area contributed by atoms with E-state index in [-0.39, 0.29) is 6.04 Å². The molecule has 0 aromatic heterocycles. The number of nitrogens with zero attached hydrogens (tertiary/aromatic N) is 1. The molecule has 1 aromatic rings. The maximum absolute atomic E-state index is 12.5. The van der Waals surface area contributed by atoms with E-state index in [2.05, 4.69) is 9.08 Å². The first kappa shape index (κ1) is 13.0. The van der Waals surface area contributed by atoms with Crippen LogP contribution in [0.4, 0.5) is 5.69 Å². The average molecular weight is 241 g/mol. The molecule has 0 spiro atoms. The zero-order valence-corrected chi connectivity index (χ0v) is 10.8. The summed E-state index contributed by atoms with van der Waals surface area (Å²) >= 11 is 0. The van der Waals surface area contributed by atoms with Crippen molar-refractivity contribution in [2.24, 2.45) is 4.36 Å². The number of hydrogen-bond donors (Lipinski definition) is 2. The number of hydrogen-bond acceptors (Lipinski definition) is 3. The minimum atomic E-state index is -2.54. The molecule has 0 amide bonds. The molecule has 5 heteroatoms. The van der Waals surface area contributed by atoms with Crippen LogP contribution in [0.15, 0.2) is 33.5 Å². The molecule has 0 aliphatic rings. The molecule has 0 bridgehead atoms. The Kier molecular flexibility index (Phi) is 4.32. The van der Waals surface area contributed by atoms with Gasteiger partial charge in [0.1, 0.15) is 9.92 Å². The Morgan fingerprint density at radius 2 is 2.25 bits per heavy atom. The van der Waals surface area contributed by atoms with Gasteiger partial charge in [-0.2, -0.15) is 0 Å². The van der Waals surface area contributed by atoms with Gasteiger partial charge in [0.2, 0.25) is 0 Å². The lowest BCUT2D eigenvalue weighted by Gasteiger charge is -2.16. The molecule has 0 fully saturated rings. The Labute approximate surface area is 97.6 Å². The van der Waals surface area contributed by atoms with E-state index in [0.717, 1.165) is 6.42 Å². The van der Waals surface area contributed by atoms with E-state index in [1.807, 2.05) is 13.8 Å². The Morgan fingerprint density at radius 1 is 1.56 bits per heavy atom. The first-order valence-electron chi connectivity index (χ1n) is 5.30. The highest BCUT2D eigenvalue weighted by Crippen LogP contribution is 2.15. The quantitative estimate of drug-likeness (QED) is 0.792. The summed E-state index contributed by atoms with van der Waals surface area (Å²) in [5.74, 6) is 0. The molecule has 0 aliphatic carbocycles. The Bertz CT molecular complexity index is 464. The Morgan fingerprint density at radius 3 is 2.75 bits per heavy atom. The maximum atomic E-state index is 12.5. The fourth-order valence-corrected chi connectivity index (χ4v) is 2.99. The second kappa shape index (κ2) is 5.32. The van der Waals surface area contributed by atoms with Crippen LogP contribution in [0.5, 0.6) is 0 Å². The van der Waals surface area contributed by atoms with Crippen LogP contribution in [0.1, 0.15) is 20.3 Å². The third-order valence-corrected chi connectivity index (χ3v) is 4.54. The van der Waals surface area contributed by atoms with E-state index in [1.54, 1.807) is 31.3 Å². The highest BCUT2D eigenvalue weighted by atomic mass is 32.2. The topological polar surface area (TPSA) is 67.5 Å². The van der Waals surface area contributed by atoms with Gasteiger partial charge in [0.25, 0.3) is 0 Å². The number of anilines is 1. The minimum absolute atomic E-state index is 0.151. The summed E-state index contributed by atoms with van der Waals surface area (Å²) in [5.41, 5.74) is 6.28. The normalized spacial score (nSPS) is 16.4. The Hall–Kier alpha value is -1.07. The highest BCUT2D eigenvalue weighted by molar-refractivity contribution is 7.91. The molecule has 16 heavy (non-hydrogen) atoms. The predicted molar refractivity (Wildman–Crippen MR) is 68.5 cm³/mol. The van der Waals surface area contributed by atoms with Crippen LogP contribution >= 0.6 is 0 Å². The van der Waals surface area contributed by atoms with Crippen molar-refractivity contribution < 1.29 is 4.21 Å². The summed E-state index contributed by atoms with van der Waals surface area (Å²) in [7, 11) is -0.988. The fourth-order valence-electron chi connectivity index (χ4n) is 1.27. The average Bonchev–Trinajstić information content (AvgIpc) is 2.28. The Balaban J connectivity index is 3.12. The minimum Gasteiger partial charge on any atom is -0.399 e. The van der Waals surface area contributed by atoms with E-state index >= 15 is 0 Å². The molecule has 2 unspecified atom stereocenters. The maximum Gasteiger partial charge on any atom is 0.137 e. The molecule has 90 valence electrons. The van der Waals surface area contributed by atoms with Gasteiger partial charge in [0, 0.05) is 18.8 Å². The molecular formula is C11H19N3OS. The van der Waals surface area contributed by atoms with Gasteiger partial charge in [0.15, 0.2) is 0 Å². The number of nitrogens with one attached hydrogen (secondary N) is 1. The van der Waals surface area contributed by atoms with Crippen LogP contribution in [0, 0.1) is 0 Å². The summed E-state index contributed by atoms with van der Waals surface area (Å²) in [4.78, 5) is 0.635. The van der Waals surface area contributed by atoms with Crippen LogP contribution in [0.2, 0.25) is 0 Å². The van der Waals surface area contributed by atoms with Gasteiger partial charge in [-0.15, -0.1) is 0 Å². The molecule has 1 aromatic carbocycles. The van der Waals surface area contributed by atoms with Crippen LogP contribution in [-0.2, 0) is 9.92 Å². The van der Waals surface area contributed by atoms with Crippen LogP contribution in [-0.4, -0.2) is 17.3 Å². The van der Waals surface area contributed by atoms with Crippen LogP contribution in [0.3, 0.4) is 0 Å². The molecule has 0 saturated heterocycles. The number of nitrogens with two attached hydrogens (primary N) is 1. The highest BCUT2D eigenvalue weighted by Gasteiger charge is 2.13. The third kappa shape index (κ3) is 2.96. The number of nitrogen functional groups attached to an aromatic ring is 1. The van der Waals surface area contributed by atoms with Gasteiger partial charge >= 0.3 is 0 Å². The van der Waals surface area contributed by atoms with Crippen molar-refractivity contribution in [3.63, 3.8) is 0 Å². The van der Waals surface area contributed by atoms with Crippen molar-refractivity contribution in [1.82, 2.24) is 4.72 Å². The summed E-state index contributed by atoms with van der Waals surface area (Å²) in [6.45, 7) is 4.02. The molecule has 0 saturated carbocycles. The van der Waals surface area contributed by atoms with Crippen LogP contribution in [0.25, 0.3) is 0 Å². The molecule has 4 nitrogen and oxygen atoms in total. The summed E-state index contributed by atoms with van der Waals surface area (Å²) < 4.78 is 19.6. The monoisotopic (exact) mass is 241 g/mol. The number of benzene rings is 1. The van der Waals surface area contributed by atoms with E-state index < -0.39 is 9.92 Å². The van der Waals surface area contributed by atoms with Crippen molar-refractivity contribution in [2.45, 2.75) is 31.2 Å². The zero-order valence-electron chi connectivity index (χ0n) is 9.93. The second-order valence-corrected chi connectivity index (χ2v) is 5.83. The van der Waals surface area contributed by atoms with E-state index in [4.69, 9.17) is 5.73 Å². The van der Waals surface area contributed by atoms with Gasteiger partial charge in [-0.1, -0.05) is 13.0 Å². The first-order valence-corrected chi connectivity index (χ1v) is 6.81. The molecule has 0 heterocycles. The standard InChI is InChI=1S/C11H19N3OS/c1-4-9(2)14-16(15,13-3)11-7-5-6-10(12)8-11/h5-9H,4,12H2,1-3H3,(H,13,14,15). The molecule has 0 radical (unpaired) electrons. The van der Waals surface area contributed by atoms with E-state index in [1.165, 1.54) is 0 Å². The van der Waals surface area contributed by atoms with Crippen molar-refractivity contribution in [1.29, 1.82) is 0 Å². The van der Waals surface area contributed by atoms with Crippen molar-refractivity contribution in [3.8, 4) is 0 Å². The van der Waals surface area contributed by atoms with Gasteiger partial charge in [-0.25, -0.2) is 13.3 Å². The van der Waals surface area contributed by atoms with Gasteiger partial charge < -0.3 is 5.73 Å². The fraction of sp³-hybridized carbons (Fsp3) is 0.455. The smallest absolute Gasteiger partial charge is 0.137 e. The lowest BCUT2D eigenvalue weighted by atomic mass is 10.3. The summed E-state index contributed by atoms with van der Waals surface area (Å²) in [6, 6.07) is 7.18. The zero-order chi connectivity index (χ0) is 12.2. The van der Waals surface area contributed by atoms with Gasteiger partial charge in [-0.05, 0) is 31.5 Å². The lowest BCUT2D eigenvalue weighted by molar-refractivity contribution is 0.617. The third-order valence-electron chi connectivity index (χ3n) is 2.41. The molecular weight excluding hydrogens is 222 g/mol. The van der Waals surface area contributed by atoms with Crippen LogP contribution < -0.4 is 10.5 Å². The summed E-state index contributed by atoms with van der Waals surface area (Å²) in [6.07, 6.45) is 0.898. The predicted octanol–water partition coefficient (Wildman–Crippen LogP) is 2.03. The van der Waals surface area contributed by atoms with E-state index in [0.29, 0.717) is 10.6 Å². The second-order valence-electron chi connectivity index (χ2n) is 3.71. The lowest BCUT2D eigenvalue weighted by Crippen LogP contribution is -2.31. The number of rotatable bonds is 4. The largest absolute Gasteiger partial charge is 0.399 e. The summed E-state index contributed by atoms with van der Waals surface area (Å²) in [5, 5.41) is 0. The molecule has 0 aliphatic heterocycles. The van der Waals surface area contributed by atoms with Crippen molar-refractivity contribution in [2.75, 3.05) is 12.8 Å². The van der Waals surface area contributed by atoms with Crippen molar-refractivity contribution >= 4 is 15.6 Å². The van der Waals surface area contributed by atoms with Crippen molar-refractivity contribution in [3.05, 3.63) is 24.3 Å². The van der Waals surface area contributed by atoms with E-state index in [9.17, 15) is 4.21 Å².